The zero-order valence-electron chi connectivity index (χ0n) is 12.3. The van der Waals surface area contributed by atoms with Crippen molar-refractivity contribution in [3.8, 4) is 0 Å². The maximum Gasteiger partial charge on any atom is 0.0613 e. The standard InChI is InChI=1S/C14H31NO2/c1-6-13(5)17-10-8-9-14(7-2,11-16)15-12(3)4/h12-13,15-16H,6-11H2,1-5H3. The number of nitrogens with one attached hydrogen (secondary N) is 1. The molecule has 17 heavy (non-hydrogen) atoms. The first kappa shape index (κ1) is 16.9. The predicted octanol–water partition coefficient (Wildman–Crippen LogP) is 2.72. The zero-order chi connectivity index (χ0) is 13.3. The Bertz CT molecular complexity index is 179. The molecule has 0 bridgehead atoms. The van der Waals surface area contributed by atoms with E-state index in [0.717, 1.165) is 32.3 Å². The van der Waals surface area contributed by atoms with Gasteiger partial charge in [-0.15, -0.1) is 0 Å². The van der Waals surface area contributed by atoms with Crippen molar-refractivity contribution >= 4 is 0 Å². The van der Waals surface area contributed by atoms with Crippen molar-refractivity contribution < 1.29 is 9.84 Å². The molecule has 0 heterocycles. The van der Waals surface area contributed by atoms with Crippen LogP contribution in [-0.4, -0.2) is 36.0 Å². The van der Waals surface area contributed by atoms with Gasteiger partial charge in [0.25, 0.3) is 0 Å². The molecule has 104 valence electrons. The average Bonchev–Trinajstić information content (AvgIpc) is 2.32. The number of aliphatic hydroxyl groups is 1. The molecule has 0 rings (SSSR count). The normalized spacial score (nSPS) is 17.1. The fraction of sp³-hybridized carbons (Fsp3) is 1.00. The molecule has 0 aliphatic heterocycles. The van der Waals surface area contributed by atoms with E-state index in [9.17, 15) is 5.11 Å². The quantitative estimate of drug-likeness (QED) is 0.582. The van der Waals surface area contributed by atoms with Crippen LogP contribution >= 0.6 is 0 Å². The highest BCUT2D eigenvalue weighted by Gasteiger charge is 2.27. The molecule has 0 spiro atoms. The van der Waals surface area contributed by atoms with Crippen LogP contribution in [0, 0.1) is 0 Å². The van der Waals surface area contributed by atoms with E-state index in [1.54, 1.807) is 0 Å². The molecule has 2 N–H and O–H groups in total. The first-order valence-electron chi connectivity index (χ1n) is 6.99. The number of hydrogen-bond donors (Lipinski definition) is 2. The summed E-state index contributed by atoms with van der Waals surface area (Å²) in [6.07, 6.45) is 4.32. The lowest BCUT2D eigenvalue weighted by Crippen LogP contribution is -2.51. The number of aliphatic hydroxyl groups excluding tert-OH is 1. The van der Waals surface area contributed by atoms with Crippen LogP contribution in [0.15, 0.2) is 0 Å². The van der Waals surface area contributed by atoms with Gasteiger partial charge in [-0.1, -0.05) is 27.7 Å². The van der Waals surface area contributed by atoms with E-state index in [1.165, 1.54) is 0 Å². The van der Waals surface area contributed by atoms with Crippen molar-refractivity contribution in [2.75, 3.05) is 13.2 Å². The number of ether oxygens (including phenoxy) is 1. The molecule has 0 aromatic rings. The summed E-state index contributed by atoms with van der Waals surface area (Å²) >= 11 is 0. The highest BCUT2D eigenvalue weighted by atomic mass is 16.5. The van der Waals surface area contributed by atoms with Crippen molar-refractivity contribution in [2.24, 2.45) is 0 Å². The van der Waals surface area contributed by atoms with Crippen LogP contribution in [0.5, 0.6) is 0 Å². The van der Waals surface area contributed by atoms with Crippen LogP contribution in [0.1, 0.15) is 60.3 Å². The lowest BCUT2D eigenvalue weighted by molar-refractivity contribution is 0.0507. The third-order valence-corrected chi connectivity index (χ3v) is 3.35. The van der Waals surface area contributed by atoms with E-state index in [-0.39, 0.29) is 12.1 Å². The van der Waals surface area contributed by atoms with Crippen LogP contribution in [0.4, 0.5) is 0 Å². The molecule has 2 atom stereocenters. The third kappa shape index (κ3) is 7.02. The van der Waals surface area contributed by atoms with Gasteiger partial charge in [0.15, 0.2) is 0 Å². The Morgan fingerprint density at radius 1 is 1.24 bits per heavy atom. The highest BCUT2D eigenvalue weighted by molar-refractivity contribution is 4.87. The summed E-state index contributed by atoms with van der Waals surface area (Å²) in [5.74, 6) is 0. The monoisotopic (exact) mass is 245 g/mol. The highest BCUT2D eigenvalue weighted by Crippen LogP contribution is 2.18. The van der Waals surface area contributed by atoms with Crippen LogP contribution in [0.2, 0.25) is 0 Å². The van der Waals surface area contributed by atoms with Gasteiger partial charge in [-0.05, 0) is 32.6 Å². The minimum Gasteiger partial charge on any atom is -0.394 e. The van der Waals surface area contributed by atoms with Crippen molar-refractivity contribution in [1.29, 1.82) is 0 Å². The maximum absolute atomic E-state index is 9.58. The van der Waals surface area contributed by atoms with Gasteiger partial charge in [-0.25, -0.2) is 0 Å². The Balaban J connectivity index is 4.00. The summed E-state index contributed by atoms with van der Waals surface area (Å²) in [6, 6.07) is 0.401. The molecule has 0 aliphatic rings. The molecule has 0 saturated carbocycles. The van der Waals surface area contributed by atoms with Crippen molar-refractivity contribution in [1.82, 2.24) is 5.32 Å². The maximum atomic E-state index is 9.58. The molecule has 0 aromatic carbocycles. The summed E-state index contributed by atoms with van der Waals surface area (Å²) in [7, 11) is 0. The minimum absolute atomic E-state index is 0.132. The van der Waals surface area contributed by atoms with E-state index >= 15 is 0 Å². The average molecular weight is 245 g/mol. The molecular formula is C14H31NO2. The summed E-state index contributed by atoms with van der Waals surface area (Å²) in [5, 5.41) is 13.1. The van der Waals surface area contributed by atoms with Crippen molar-refractivity contribution in [3.05, 3.63) is 0 Å². The Labute approximate surface area is 107 Å². The van der Waals surface area contributed by atoms with Crippen molar-refractivity contribution in [3.63, 3.8) is 0 Å². The summed E-state index contributed by atoms with van der Waals surface area (Å²) in [5.41, 5.74) is -0.132. The van der Waals surface area contributed by atoms with Gasteiger partial charge in [-0.2, -0.15) is 0 Å². The second kappa shape index (κ2) is 8.90. The Morgan fingerprint density at radius 3 is 2.29 bits per heavy atom. The first-order valence-corrected chi connectivity index (χ1v) is 6.99. The Kier molecular flexibility index (Phi) is 8.83. The lowest BCUT2D eigenvalue weighted by atomic mass is 9.90. The van der Waals surface area contributed by atoms with Crippen LogP contribution in [0.3, 0.4) is 0 Å². The van der Waals surface area contributed by atoms with Gasteiger partial charge in [0.05, 0.1) is 12.7 Å². The summed E-state index contributed by atoms with van der Waals surface area (Å²) in [4.78, 5) is 0. The fourth-order valence-corrected chi connectivity index (χ4v) is 2.01. The molecule has 0 fully saturated rings. The van der Waals surface area contributed by atoms with Crippen molar-refractivity contribution in [2.45, 2.75) is 78.0 Å². The van der Waals surface area contributed by atoms with Crippen LogP contribution in [-0.2, 0) is 4.74 Å². The zero-order valence-corrected chi connectivity index (χ0v) is 12.3. The topological polar surface area (TPSA) is 41.5 Å². The predicted molar refractivity (Wildman–Crippen MR) is 73.3 cm³/mol. The number of rotatable bonds is 10. The van der Waals surface area contributed by atoms with Gasteiger partial charge < -0.3 is 15.2 Å². The van der Waals surface area contributed by atoms with Crippen LogP contribution in [0.25, 0.3) is 0 Å². The molecule has 0 aromatic heterocycles. The minimum atomic E-state index is -0.132. The Morgan fingerprint density at radius 2 is 1.88 bits per heavy atom. The molecule has 0 radical (unpaired) electrons. The van der Waals surface area contributed by atoms with Gasteiger partial charge >= 0.3 is 0 Å². The van der Waals surface area contributed by atoms with Gasteiger partial charge in [0, 0.05) is 18.2 Å². The molecule has 0 aliphatic carbocycles. The van der Waals surface area contributed by atoms with E-state index < -0.39 is 0 Å². The van der Waals surface area contributed by atoms with Gasteiger partial charge in [0.1, 0.15) is 0 Å². The van der Waals surface area contributed by atoms with Gasteiger partial charge in [0.2, 0.25) is 0 Å². The fourth-order valence-electron chi connectivity index (χ4n) is 2.01. The second-order valence-electron chi connectivity index (χ2n) is 5.28. The largest absolute Gasteiger partial charge is 0.394 e. The van der Waals surface area contributed by atoms with Gasteiger partial charge in [-0.3, -0.25) is 0 Å². The SMILES string of the molecule is CCC(C)OCCCC(CC)(CO)NC(C)C. The van der Waals surface area contributed by atoms with E-state index in [2.05, 4.69) is 39.9 Å². The number of hydrogen-bond acceptors (Lipinski definition) is 3. The molecular weight excluding hydrogens is 214 g/mol. The molecule has 0 saturated heterocycles. The molecule has 3 nitrogen and oxygen atoms in total. The third-order valence-electron chi connectivity index (χ3n) is 3.35. The summed E-state index contributed by atoms with van der Waals surface area (Å²) in [6.45, 7) is 11.6. The van der Waals surface area contributed by atoms with Crippen LogP contribution < -0.4 is 5.32 Å². The van der Waals surface area contributed by atoms with E-state index in [1.807, 2.05) is 0 Å². The van der Waals surface area contributed by atoms with E-state index in [4.69, 9.17) is 4.74 Å². The van der Waals surface area contributed by atoms with E-state index in [0.29, 0.717) is 12.1 Å². The molecule has 0 amide bonds. The smallest absolute Gasteiger partial charge is 0.0613 e. The molecule has 2 unspecified atom stereocenters. The Hall–Kier alpha value is -0.120. The lowest BCUT2D eigenvalue weighted by Gasteiger charge is -2.34. The second-order valence-corrected chi connectivity index (χ2v) is 5.28. The first-order chi connectivity index (χ1) is 7.99. The molecule has 3 heteroatoms. The summed E-state index contributed by atoms with van der Waals surface area (Å²) < 4.78 is 5.67.